The number of ether oxygens (including phenoxy) is 1. The van der Waals surface area contributed by atoms with Gasteiger partial charge in [0, 0.05) is 31.5 Å². The van der Waals surface area contributed by atoms with Crippen molar-refractivity contribution in [2.45, 2.75) is 44.0 Å². The Hall–Kier alpha value is -1.40. The highest BCUT2D eigenvalue weighted by molar-refractivity contribution is 5.85. The van der Waals surface area contributed by atoms with Gasteiger partial charge in [-0.3, -0.25) is 4.79 Å². The molecule has 1 aliphatic heterocycles. The van der Waals surface area contributed by atoms with E-state index in [0.29, 0.717) is 18.1 Å². The maximum Gasteiger partial charge on any atom is 0.228 e. The number of fused-ring (bicyclic) bond motifs is 1. The number of aromatic nitrogens is 2. The number of carbonyl (C=O) groups excluding carboxylic acids is 1. The third kappa shape index (κ3) is 2.16. The van der Waals surface area contributed by atoms with Crippen LogP contribution in [0.25, 0.3) is 0 Å². The number of nitrogens with one attached hydrogen (secondary N) is 1. The summed E-state index contributed by atoms with van der Waals surface area (Å²) in [5, 5.41) is 3.34. The summed E-state index contributed by atoms with van der Waals surface area (Å²) in [5.41, 5.74) is -0.220. The zero-order valence-corrected chi connectivity index (χ0v) is 13.2. The molecule has 1 amide bonds. The van der Waals surface area contributed by atoms with E-state index in [2.05, 4.69) is 29.3 Å². The second kappa shape index (κ2) is 5.06. The van der Waals surface area contributed by atoms with Gasteiger partial charge in [-0.15, -0.1) is 0 Å². The summed E-state index contributed by atoms with van der Waals surface area (Å²) in [4.78, 5) is 19.1. The minimum Gasteiger partial charge on any atom is -0.376 e. The zero-order valence-electron chi connectivity index (χ0n) is 13.2. The number of amides is 1. The molecule has 0 bridgehead atoms. The molecule has 3 fully saturated rings. The van der Waals surface area contributed by atoms with Crippen LogP contribution < -0.4 is 5.32 Å². The van der Waals surface area contributed by atoms with Gasteiger partial charge in [0.05, 0.1) is 29.9 Å². The van der Waals surface area contributed by atoms with Crippen LogP contribution in [0.1, 0.15) is 19.3 Å². The Kier molecular flexibility index (Phi) is 3.27. The fraction of sp³-hybridized carbons (Fsp3) is 0.750. The first-order valence-electron chi connectivity index (χ1n) is 8.15. The van der Waals surface area contributed by atoms with Crippen LogP contribution in [0.4, 0.5) is 0 Å². The normalized spacial score (nSPS) is 35.0. The maximum absolute atomic E-state index is 12.8. The quantitative estimate of drug-likeness (QED) is 0.860. The molecule has 0 radical (unpaired) electrons. The van der Waals surface area contributed by atoms with Crippen molar-refractivity contribution in [2.75, 3.05) is 20.7 Å². The molecule has 1 aromatic heterocycles. The van der Waals surface area contributed by atoms with Gasteiger partial charge >= 0.3 is 0 Å². The molecule has 6 nitrogen and oxygen atoms in total. The lowest BCUT2D eigenvalue weighted by Crippen LogP contribution is -2.70. The molecule has 6 heteroatoms. The molecule has 4 rings (SSSR count). The van der Waals surface area contributed by atoms with E-state index < -0.39 is 0 Å². The molecule has 4 atom stereocenters. The average Bonchev–Trinajstić information content (AvgIpc) is 2.88. The second-order valence-electron chi connectivity index (χ2n) is 7.26. The van der Waals surface area contributed by atoms with E-state index in [1.54, 1.807) is 12.5 Å². The Morgan fingerprint density at radius 2 is 2.32 bits per heavy atom. The molecule has 0 spiro atoms. The van der Waals surface area contributed by atoms with Gasteiger partial charge in [-0.25, -0.2) is 4.98 Å². The van der Waals surface area contributed by atoms with Gasteiger partial charge in [0.2, 0.25) is 5.91 Å². The second-order valence-corrected chi connectivity index (χ2v) is 7.26. The summed E-state index contributed by atoms with van der Waals surface area (Å²) in [6.07, 6.45) is 8.79. The highest BCUT2D eigenvalue weighted by atomic mass is 16.5. The maximum atomic E-state index is 12.8. The molecule has 1 saturated heterocycles. The summed E-state index contributed by atoms with van der Waals surface area (Å²) in [7, 11) is 4.14. The first-order valence-corrected chi connectivity index (χ1v) is 8.15. The van der Waals surface area contributed by atoms with Crippen molar-refractivity contribution >= 4 is 5.91 Å². The number of carbonyl (C=O) groups is 1. The molecule has 3 aliphatic rings. The lowest BCUT2D eigenvalue weighted by atomic mass is 9.70. The standard InChI is InChI=1S/C16H24N4O2/c1-19(2)13-12(11-3-8-22-14(11)13)18-15(21)16(4-5-16)9-20-7-6-17-10-20/h6-7,10-14H,3-5,8-9H2,1-2H3,(H,18,21)/t11-,12+,13-,14-/m1/s1. The zero-order chi connectivity index (χ0) is 15.3. The Labute approximate surface area is 130 Å². The van der Waals surface area contributed by atoms with E-state index in [0.717, 1.165) is 32.4 Å². The highest BCUT2D eigenvalue weighted by Crippen LogP contribution is 2.49. The van der Waals surface area contributed by atoms with Gasteiger partial charge in [0.15, 0.2) is 0 Å². The van der Waals surface area contributed by atoms with E-state index in [4.69, 9.17) is 4.74 Å². The summed E-state index contributed by atoms with van der Waals surface area (Å²) < 4.78 is 7.83. The third-order valence-corrected chi connectivity index (χ3v) is 5.62. The molecule has 2 aliphatic carbocycles. The minimum atomic E-state index is -0.220. The predicted molar refractivity (Wildman–Crippen MR) is 81.1 cm³/mol. The van der Waals surface area contributed by atoms with Gasteiger partial charge in [-0.05, 0) is 33.4 Å². The molecule has 120 valence electrons. The summed E-state index contributed by atoms with van der Waals surface area (Å²) in [6.45, 7) is 1.56. The van der Waals surface area contributed by atoms with Crippen LogP contribution in [0.2, 0.25) is 0 Å². The number of hydrogen-bond acceptors (Lipinski definition) is 4. The van der Waals surface area contributed by atoms with Gasteiger partial charge in [-0.2, -0.15) is 0 Å². The molecular formula is C16H24N4O2. The SMILES string of the molecule is CN(C)[C@@H]1[C@@H](NC(=O)C2(Cn3ccnc3)CC2)[C@H]2CCO[C@H]21. The van der Waals surface area contributed by atoms with Gasteiger partial charge in [0.25, 0.3) is 0 Å². The Morgan fingerprint density at radius 1 is 1.50 bits per heavy atom. The largest absolute Gasteiger partial charge is 0.376 e. The number of rotatable bonds is 5. The topological polar surface area (TPSA) is 59.4 Å². The Bertz CT molecular complexity index is 553. The molecule has 0 aromatic carbocycles. The fourth-order valence-corrected chi connectivity index (χ4v) is 4.13. The highest BCUT2D eigenvalue weighted by Gasteiger charge is 2.58. The summed E-state index contributed by atoms with van der Waals surface area (Å²) in [5.74, 6) is 0.698. The molecule has 2 heterocycles. The Balaban J connectivity index is 1.43. The van der Waals surface area contributed by atoms with Crippen LogP contribution in [-0.2, 0) is 16.1 Å². The van der Waals surface area contributed by atoms with Crippen LogP contribution in [0.3, 0.4) is 0 Å². The average molecular weight is 304 g/mol. The third-order valence-electron chi connectivity index (χ3n) is 5.62. The van der Waals surface area contributed by atoms with E-state index in [1.807, 2.05) is 10.8 Å². The number of nitrogens with zero attached hydrogens (tertiary/aromatic N) is 3. The molecule has 0 unspecified atom stereocenters. The van der Waals surface area contributed by atoms with Crippen LogP contribution in [0.5, 0.6) is 0 Å². The monoisotopic (exact) mass is 304 g/mol. The van der Waals surface area contributed by atoms with Crippen molar-refractivity contribution in [3.8, 4) is 0 Å². The smallest absolute Gasteiger partial charge is 0.228 e. The van der Waals surface area contributed by atoms with Crippen LogP contribution in [0, 0.1) is 11.3 Å². The van der Waals surface area contributed by atoms with Crippen molar-refractivity contribution in [3.05, 3.63) is 18.7 Å². The lowest BCUT2D eigenvalue weighted by molar-refractivity contribution is -0.133. The van der Waals surface area contributed by atoms with Crippen molar-refractivity contribution in [1.82, 2.24) is 19.8 Å². The van der Waals surface area contributed by atoms with Crippen molar-refractivity contribution < 1.29 is 9.53 Å². The van der Waals surface area contributed by atoms with Crippen LogP contribution >= 0.6 is 0 Å². The number of likely N-dealkylation sites (N-methyl/N-ethyl adjacent to an activating group) is 1. The van der Waals surface area contributed by atoms with Crippen LogP contribution in [-0.4, -0.2) is 59.2 Å². The first-order chi connectivity index (χ1) is 10.6. The van der Waals surface area contributed by atoms with Crippen LogP contribution in [0.15, 0.2) is 18.7 Å². The summed E-state index contributed by atoms with van der Waals surface area (Å²) in [6, 6.07) is 0.538. The predicted octanol–water partition coefficient (Wildman–Crippen LogP) is 0.497. The molecule has 22 heavy (non-hydrogen) atoms. The lowest BCUT2D eigenvalue weighted by Gasteiger charge is -2.51. The minimum absolute atomic E-state index is 0.211. The van der Waals surface area contributed by atoms with E-state index >= 15 is 0 Å². The van der Waals surface area contributed by atoms with Gasteiger partial charge < -0.3 is 19.5 Å². The number of imidazole rings is 1. The molecule has 1 N–H and O–H groups in total. The molecule has 1 aromatic rings. The van der Waals surface area contributed by atoms with E-state index in [-0.39, 0.29) is 17.4 Å². The van der Waals surface area contributed by atoms with E-state index in [1.165, 1.54) is 0 Å². The number of hydrogen-bond donors (Lipinski definition) is 1. The van der Waals surface area contributed by atoms with Crippen molar-refractivity contribution in [3.63, 3.8) is 0 Å². The van der Waals surface area contributed by atoms with Crippen molar-refractivity contribution in [2.24, 2.45) is 11.3 Å². The van der Waals surface area contributed by atoms with Crippen molar-refractivity contribution in [1.29, 1.82) is 0 Å². The molecular weight excluding hydrogens is 280 g/mol. The Morgan fingerprint density at radius 3 is 2.95 bits per heavy atom. The van der Waals surface area contributed by atoms with Gasteiger partial charge in [-0.1, -0.05) is 0 Å². The fourth-order valence-electron chi connectivity index (χ4n) is 4.13. The molecule has 2 saturated carbocycles. The van der Waals surface area contributed by atoms with E-state index in [9.17, 15) is 4.79 Å². The summed E-state index contributed by atoms with van der Waals surface area (Å²) >= 11 is 0. The first kappa shape index (κ1) is 14.2. The van der Waals surface area contributed by atoms with Gasteiger partial charge in [0.1, 0.15) is 0 Å².